The van der Waals surface area contributed by atoms with Crippen molar-refractivity contribution in [2.75, 3.05) is 13.1 Å². The summed E-state index contributed by atoms with van der Waals surface area (Å²) in [4.78, 5) is 25.1. The number of piperidine rings is 1. The molecule has 0 radical (unpaired) electrons. The van der Waals surface area contributed by atoms with Gasteiger partial charge in [0.1, 0.15) is 11.3 Å². The monoisotopic (exact) mass is 363 g/mol. The number of fused-ring (bicyclic) bond motifs is 1. The molecule has 142 valence electrons. The first-order valence-electron chi connectivity index (χ1n) is 8.91. The molecule has 26 heavy (non-hydrogen) atoms. The Hall–Kier alpha value is -2.11. The summed E-state index contributed by atoms with van der Waals surface area (Å²) in [6.07, 6.45) is 0.0849. The van der Waals surface area contributed by atoms with E-state index < -0.39 is 28.7 Å². The molecule has 1 saturated carbocycles. The Bertz CT molecular complexity index is 768. The van der Waals surface area contributed by atoms with Crippen LogP contribution >= 0.6 is 0 Å². The van der Waals surface area contributed by atoms with Crippen molar-refractivity contribution in [2.45, 2.75) is 57.7 Å². The third kappa shape index (κ3) is 2.75. The van der Waals surface area contributed by atoms with Crippen LogP contribution < -0.4 is 0 Å². The largest absolute Gasteiger partial charge is 0.478 e. The van der Waals surface area contributed by atoms with Gasteiger partial charge in [-0.2, -0.15) is 0 Å². The second kappa shape index (κ2) is 5.69. The van der Waals surface area contributed by atoms with E-state index in [2.05, 4.69) is 0 Å². The van der Waals surface area contributed by atoms with Crippen LogP contribution in [-0.2, 0) is 10.2 Å². The Morgan fingerprint density at radius 1 is 1.35 bits per heavy atom. The Morgan fingerprint density at radius 2 is 2.00 bits per heavy atom. The zero-order chi connectivity index (χ0) is 19.5. The quantitative estimate of drug-likeness (QED) is 0.864. The van der Waals surface area contributed by atoms with Gasteiger partial charge in [0.05, 0.1) is 5.56 Å². The van der Waals surface area contributed by atoms with Crippen LogP contribution in [0.5, 0.6) is 0 Å². The van der Waals surface area contributed by atoms with Crippen LogP contribution in [0.4, 0.5) is 9.18 Å². The van der Waals surface area contributed by atoms with Crippen molar-refractivity contribution >= 4 is 12.1 Å². The van der Waals surface area contributed by atoms with Crippen molar-refractivity contribution in [1.82, 2.24) is 4.90 Å². The molecule has 1 aliphatic heterocycles. The zero-order valence-electron chi connectivity index (χ0n) is 15.9. The lowest BCUT2D eigenvalue weighted by molar-refractivity contribution is 0.0198. The summed E-state index contributed by atoms with van der Waals surface area (Å²) in [6.45, 7) is 9.46. The molecular formula is C20H26FNO4. The van der Waals surface area contributed by atoms with Crippen molar-refractivity contribution < 1.29 is 23.8 Å². The summed E-state index contributed by atoms with van der Waals surface area (Å²) in [5.41, 5.74) is -1.00. The maximum atomic E-state index is 15.4. The Labute approximate surface area is 153 Å². The second-order valence-electron chi connectivity index (χ2n) is 8.61. The van der Waals surface area contributed by atoms with Gasteiger partial charge in [-0.1, -0.05) is 12.1 Å². The van der Waals surface area contributed by atoms with Crippen molar-refractivity contribution in [2.24, 2.45) is 5.92 Å². The van der Waals surface area contributed by atoms with Gasteiger partial charge in [0, 0.05) is 24.4 Å². The van der Waals surface area contributed by atoms with Gasteiger partial charge in [-0.25, -0.2) is 14.0 Å². The molecule has 3 rings (SSSR count). The van der Waals surface area contributed by atoms with E-state index in [1.54, 1.807) is 36.9 Å². The molecule has 6 heteroatoms. The van der Waals surface area contributed by atoms with E-state index >= 15 is 4.39 Å². The molecule has 1 N–H and O–H groups in total. The molecule has 0 spiro atoms. The van der Waals surface area contributed by atoms with Gasteiger partial charge in [-0.05, 0) is 58.2 Å². The summed E-state index contributed by atoms with van der Waals surface area (Å²) in [5, 5.41) is 9.20. The van der Waals surface area contributed by atoms with Crippen molar-refractivity contribution in [3.8, 4) is 0 Å². The molecule has 5 nitrogen and oxygen atoms in total. The van der Waals surface area contributed by atoms with Crippen LogP contribution in [-0.4, -0.2) is 46.4 Å². The summed E-state index contributed by atoms with van der Waals surface area (Å²) in [7, 11) is 0. The third-order valence-electron chi connectivity index (χ3n) is 5.84. The highest BCUT2D eigenvalue weighted by Gasteiger charge is 2.77. The van der Waals surface area contributed by atoms with E-state index in [1.807, 2.05) is 20.8 Å². The maximum Gasteiger partial charge on any atom is 0.410 e. The Balaban J connectivity index is 1.84. The minimum atomic E-state index is -1.43. The summed E-state index contributed by atoms with van der Waals surface area (Å²) in [5.74, 6) is -1.30. The number of carbonyl (C=O) groups excluding carboxylic acids is 1. The van der Waals surface area contributed by atoms with Gasteiger partial charge in [0.15, 0.2) is 0 Å². The van der Waals surface area contributed by atoms with Crippen molar-refractivity contribution in [1.29, 1.82) is 0 Å². The summed E-state index contributed by atoms with van der Waals surface area (Å²) in [6, 6.07) is 5.05. The normalized spacial score (nSPS) is 30.5. The molecule has 1 saturated heterocycles. The van der Waals surface area contributed by atoms with Gasteiger partial charge in [0.2, 0.25) is 0 Å². The molecule has 1 aromatic rings. The highest BCUT2D eigenvalue weighted by atomic mass is 19.1. The molecule has 2 aliphatic rings. The first-order chi connectivity index (χ1) is 11.9. The van der Waals surface area contributed by atoms with E-state index in [1.165, 1.54) is 0 Å². The lowest BCUT2D eigenvalue weighted by atomic mass is 9.84. The number of likely N-dealkylation sites (tertiary alicyclic amines) is 1. The van der Waals surface area contributed by atoms with Crippen LogP contribution in [0.3, 0.4) is 0 Å². The third-order valence-corrected chi connectivity index (χ3v) is 5.84. The smallest absolute Gasteiger partial charge is 0.410 e. The number of nitrogens with zero attached hydrogens (tertiary/aromatic N) is 1. The average molecular weight is 363 g/mol. The number of alkyl halides is 1. The van der Waals surface area contributed by atoms with Crippen molar-refractivity contribution in [3.05, 3.63) is 34.9 Å². The van der Waals surface area contributed by atoms with E-state index in [0.29, 0.717) is 25.1 Å². The number of aryl methyl sites for hydroxylation is 1. The number of carboxylic acid groups (broad SMARTS) is 1. The second-order valence-corrected chi connectivity index (χ2v) is 8.61. The van der Waals surface area contributed by atoms with E-state index in [0.717, 1.165) is 5.56 Å². The molecular weight excluding hydrogens is 337 g/mol. The average Bonchev–Trinajstić information content (AvgIpc) is 3.02. The van der Waals surface area contributed by atoms with Crippen LogP contribution in [0.1, 0.15) is 55.6 Å². The number of hydrogen-bond donors (Lipinski definition) is 1. The minimum Gasteiger partial charge on any atom is -0.478 e. The van der Waals surface area contributed by atoms with Gasteiger partial charge in [-0.3, -0.25) is 0 Å². The van der Waals surface area contributed by atoms with Gasteiger partial charge in [0.25, 0.3) is 0 Å². The topological polar surface area (TPSA) is 66.8 Å². The van der Waals surface area contributed by atoms with Crippen LogP contribution in [0, 0.1) is 12.8 Å². The molecule has 1 aliphatic carbocycles. The van der Waals surface area contributed by atoms with Gasteiger partial charge in [-0.15, -0.1) is 0 Å². The number of benzene rings is 1. The Morgan fingerprint density at radius 3 is 2.50 bits per heavy atom. The fourth-order valence-electron chi connectivity index (χ4n) is 4.42. The molecule has 1 aromatic carbocycles. The predicted molar refractivity (Wildman–Crippen MR) is 95.2 cm³/mol. The van der Waals surface area contributed by atoms with Gasteiger partial charge >= 0.3 is 12.1 Å². The maximum absolute atomic E-state index is 15.4. The fraction of sp³-hybridized carbons (Fsp3) is 0.600. The minimum absolute atomic E-state index is 0.231. The van der Waals surface area contributed by atoms with Crippen LogP contribution in [0.25, 0.3) is 0 Å². The fourth-order valence-corrected chi connectivity index (χ4v) is 4.42. The number of carboxylic acids is 1. The number of hydrogen-bond acceptors (Lipinski definition) is 3. The molecule has 1 heterocycles. The van der Waals surface area contributed by atoms with E-state index in [9.17, 15) is 14.7 Å². The summed E-state index contributed by atoms with van der Waals surface area (Å²) < 4.78 is 20.8. The molecule has 0 bridgehead atoms. The first kappa shape index (κ1) is 18.7. The lowest BCUT2D eigenvalue weighted by Crippen LogP contribution is -2.43. The van der Waals surface area contributed by atoms with Crippen LogP contribution in [0.15, 0.2) is 18.2 Å². The molecule has 1 amide bonds. The predicted octanol–water partition coefficient (Wildman–Crippen LogP) is 3.93. The number of amides is 1. The molecule has 3 atom stereocenters. The van der Waals surface area contributed by atoms with Crippen molar-refractivity contribution in [3.63, 3.8) is 0 Å². The number of aromatic carboxylic acids is 1. The number of carbonyl (C=O) groups is 2. The SMILES string of the molecule is Cc1cc(C23CCN(C(=O)OC(C)(C)C)CC2C3(C)F)ccc1C(=O)O. The first-order valence-corrected chi connectivity index (χ1v) is 8.91. The Kier molecular flexibility index (Phi) is 4.09. The lowest BCUT2D eigenvalue weighted by Gasteiger charge is -2.33. The molecule has 2 fully saturated rings. The highest BCUT2D eigenvalue weighted by molar-refractivity contribution is 5.89. The number of ether oxygens (including phenoxy) is 1. The standard InChI is InChI=1S/C20H26FNO4/c1-12-10-13(6-7-14(12)16(23)24)20-8-9-22(11-15(20)19(20,5)21)17(25)26-18(2,3)4/h6-7,10,15H,8-9,11H2,1-5H3,(H,23,24). The highest BCUT2D eigenvalue weighted by Crippen LogP contribution is 2.69. The number of halogens is 1. The molecule has 3 unspecified atom stereocenters. The molecule has 0 aromatic heterocycles. The van der Waals surface area contributed by atoms with E-state index in [-0.39, 0.29) is 11.5 Å². The zero-order valence-corrected chi connectivity index (χ0v) is 15.9. The van der Waals surface area contributed by atoms with Gasteiger partial charge < -0.3 is 14.7 Å². The summed E-state index contributed by atoms with van der Waals surface area (Å²) >= 11 is 0. The number of rotatable bonds is 2. The van der Waals surface area contributed by atoms with Crippen LogP contribution in [0.2, 0.25) is 0 Å². The van der Waals surface area contributed by atoms with E-state index in [4.69, 9.17) is 4.74 Å².